The first-order valence-corrected chi connectivity index (χ1v) is 9.85. The van der Waals surface area contributed by atoms with Crippen molar-refractivity contribution < 1.29 is 18.6 Å². The van der Waals surface area contributed by atoms with E-state index in [1.807, 2.05) is 18.2 Å². The Morgan fingerprint density at radius 2 is 1.80 bits per heavy atom. The molecule has 0 radical (unpaired) electrons. The third-order valence-electron chi connectivity index (χ3n) is 4.41. The third-order valence-corrected chi connectivity index (χ3v) is 5.00. The average Bonchev–Trinajstić information content (AvgIpc) is 2.77. The summed E-state index contributed by atoms with van der Waals surface area (Å²) in [6.45, 7) is 0.0616. The molecule has 0 heterocycles. The van der Waals surface area contributed by atoms with Gasteiger partial charge in [0.1, 0.15) is 18.2 Å². The summed E-state index contributed by atoms with van der Waals surface area (Å²) in [5.41, 5.74) is 2.46. The van der Waals surface area contributed by atoms with E-state index in [1.165, 1.54) is 13.2 Å². The SMILES string of the molecule is COc1ccc(/C(C#N)=C/c2cc(Br)c(OCc3ccccc3F)c(OC)c2)cc1. The maximum atomic E-state index is 13.9. The van der Waals surface area contributed by atoms with Crippen molar-refractivity contribution in [1.82, 2.24) is 0 Å². The monoisotopic (exact) mass is 467 g/mol. The highest BCUT2D eigenvalue weighted by molar-refractivity contribution is 9.10. The highest BCUT2D eigenvalue weighted by atomic mass is 79.9. The van der Waals surface area contributed by atoms with Gasteiger partial charge in [-0.1, -0.05) is 18.2 Å². The highest BCUT2D eigenvalue weighted by Gasteiger charge is 2.13. The molecular weight excluding hydrogens is 449 g/mol. The van der Waals surface area contributed by atoms with Gasteiger partial charge in [-0.05, 0) is 75.6 Å². The third kappa shape index (κ3) is 5.00. The molecule has 0 bridgehead atoms. The molecule has 0 amide bonds. The highest BCUT2D eigenvalue weighted by Crippen LogP contribution is 2.38. The topological polar surface area (TPSA) is 51.5 Å². The van der Waals surface area contributed by atoms with Crippen LogP contribution in [0.2, 0.25) is 0 Å². The van der Waals surface area contributed by atoms with Crippen molar-refractivity contribution in [1.29, 1.82) is 5.26 Å². The Kier molecular flexibility index (Phi) is 7.10. The van der Waals surface area contributed by atoms with Crippen LogP contribution in [0.3, 0.4) is 0 Å². The van der Waals surface area contributed by atoms with Crippen molar-refractivity contribution in [3.05, 3.63) is 87.6 Å². The van der Waals surface area contributed by atoms with Gasteiger partial charge in [-0.25, -0.2) is 4.39 Å². The molecule has 6 heteroatoms. The molecule has 0 aliphatic rings. The number of methoxy groups -OCH3 is 2. The minimum atomic E-state index is -0.328. The van der Waals surface area contributed by atoms with Crippen LogP contribution in [0.25, 0.3) is 11.6 Å². The van der Waals surface area contributed by atoms with E-state index in [4.69, 9.17) is 14.2 Å². The molecule has 0 saturated heterocycles. The van der Waals surface area contributed by atoms with E-state index in [9.17, 15) is 9.65 Å². The Hall–Kier alpha value is -3.30. The number of nitrogens with zero attached hydrogens (tertiary/aromatic N) is 1. The summed E-state index contributed by atoms with van der Waals surface area (Å²) >= 11 is 3.49. The zero-order valence-electron chi connectivity index (χ0n) is 16.5. The van der Waals surface area contributed by atoms with Crippen LogP contribution < -0.4 is 14.2 Å². The molecule has 4 nitrogen and oxygen atoms in total. The summed E-state index contributed by atoms with van der Waals surface area (Å²) in [7, 11) is 3.12. The van der Waals surface area contributed by atoms with Gasteiger partial charge in [0, 0.05) is 5.56 Å². The number of ether oxygens (including phenoxy) is 3. The number of hydrogen-bond acceptors (Lipinski definition) is 4. The predicted octanol–water partition coefficient (Wildman–Crippen LogP) is 6.25. The summed E-state index contributed by atoms with van der Waals surface area (Å²) in [5.74, 6) is 1.32. The van der Waals surface area contributed by atoms with Gasteiger partial charge < -0.3 is 14.2 Å². The first kappa shape index (κ1) is 21.4. The van der Waals surface area contributed by atoms with E-state index in [0.717, 1.165) is 16.9 Å². The zero-order valence-corrected chi connectivity index (χ0v) is 18.1. The molecule has 0 spiro atoms. The van der Waals surface area contributed by atoms with Crippen LogP contribution >= 0.6 is 15.9 Å². The second-order valence-electron chi connectivity index (χ2n) is 6.31. The maximum absolute atomic E-state index is 13.9. The minimum Gasteiger partial charge on any atom is -0.497 e. The first-order chi connectivity index (χ1) is 14.5. The van der Waals surface area contributed by atoms with Crippen LogP contribution in [0.5, 0.6) is 17.2 Å². The number of rotatable bonds is 7. The standard InChI is InChI=1S/C24H19BrFNO3/c1-28-20-9-7-17(8-10-20)19(14-27)11-16-12-21(25)24(23(13-16)29-2)30-15-18-5-3-4-6-22(18)26/h3-13H,15H2,1-2H3/b19-11+. The van der Waals surface area contributed by atoms with Gasteiger partial charge in [0.25, 0.3) is 0 Å². The summed E-state index contributed by atoms with van der Waals surface area (Å²) in [6, 6.07) is 19.5. The molecule has 3 aromatic carbocycles. The summed E-state index contributed by atoms with van der Waals surface area (Å²) in [4.78, 5) is 0. The lowest BCUT2D eigenvalue weighted by molar-refractivity contribution is 0.278. The fraction of sp³-hybridized carbons (Fsp3) is 0.125. The van der Waals surface area contributed by atoms with Crippen LogP contribution in [0.1, 0.15) is 16.7 Å². The van der Waals surface area contributed by atoms with Crippen LogP contribution in [0.4, 0.5) is 4.39 Å². The molecule has 3 rings (SSSR count). The van der Waals surface area contributed by atoms with E-state index >= 15 is 0 Å². The molecule has 152 valence electrons. The lowest BCUT2D eigenvalue weighted by atomic mass is 10.0. The van der Waals surface area contributed by atoms with Crippen molar-refractivity contribution in [3.8, 4) is 23.3 Å². The molecule has 0 saturated carbocycles. The molecule has 0 aromatic heterocycles. The van der Waals surface area contributed by atoms with Gasteiger partial charge in [0.2, 0.25) is 0 Å². The van der Waals surface area contributed by atoms with Crippen molar-refractivity contribution in [2.45, 2.75) is 6.61 Å². The van der Waals surface area contributed by atoms with Crippen molar-refractivity contribution in [2.75, 3.05) is 14.2 Å². The Bertz CT molecular complexity index is 1100. The number of halogens is 2. The Morgan fingerprint density at radius 1 is 1.07 bits per heavy atom. The van der Waals surface area contributed by atoms with Gasteiger partial charge in [0.05, 0.1) is 30.3 Å². The molecule has 0 unspecified atom stereocenters. The minimum absolute atomic E-state index is 0.0616. The molecule has 3 aromatic rings. The molecule has 0 fully saturated rings. The molecule has 0 atom stereocenters. The summed E-state index contributed by atoms with van der Waals surface area (Å²) < 4.78 is 30.9. The number of benzene rings is 3. The predicted molar refractivity (Wildman–Crippen MR) is 118 cm³/mol. The normalized spacial score (nSPS) is 11.0. The van der Waals surface area contributed by atoms with Crippen molar-refractivity contribution in [2.24, 2.45) is 0 Å². The molecule has 0 aliphatic heterocycles. The van der Waals surface area contributed by atoms with Crippen LogP contribution in [-0.2, 0) is 6.61 Å². The van der Waals surface area contributed by atoms with Crippen LogP contribution in [0.15, 0.2) is 65.1 Å². The van der Waals surface area contributed by atoms with Gasteiger partial charge in [0.15, 0.2) is 11.5 Å². The van der Waals surface area contributed by atoms with E-state index in [-0.39, 0.29) is 12.4 Å². The molecule has 0 N–H and O–H groups in total. The van der Waals surface area contributed by atoms with Gasteiger partial charge >= 0.3 is 0 Å². The zero-order chi connectivity index (χ0) is 21.5. The number of allylic oxidation sites excluding steroid dienone is 1. The van der Waals surface area contributed by atoms with Crippen LogP contribution in [-0.4, -0.2) is 14.2 Å². The molecule has 30 heavy (non-hydrogen) atoms. The fourth-order valence-corrected chi connectivity index (χ4v) is 3.42. The lowest BCUT2D eigenvalue weighted by Gasteiger charge is -2.14. The smallest absolute Gasteiger partial charge is 0.175 e. The van der Waals surface area contributed by atoms with Gasteiger partial charge in [-0.3, -0.25) is 0 Å². The number of hydrogen-bond donors (Lipinski definition) is 0. The second-order valence-corrected chi connectivity index (χ2v) is 7.17. The van der Waals surface area contributed by atoms with Crippen molar-refractivity contribution >= 4 is 27.6 Å². The van der Waals surface area contributed by atoms with E-state index < -0.39 is 0 Å². The van der Waals surface area contributed by atoms with E-state index in [1.54, 1.807) is 49.6 Å². The van der Waals surface area contributed by atoms with E-state index in [2.05, 4.69) is 22.0 Å². The Balaban J connectivity index is 1.89. The van der Waals surface area contributed by atoms with Crippen molar-refractivity contribution in [3.63, 3.8) is 0 Å². The quantitative estimate of drug-likeness (QED) is 0.304. The summed E-state index contributed by atoms with van der Waals surface area (Å²) in [5, 5.41) is 9.60. The Morgan fingerprint density at radius 3 is 2.43 bits per heavy atom. The molecular formula is C24H19BrFNO3. The average molecular weight is 468 g/mol. The van der Waals surface area contributed by atoms with E-state index in [0.29, 0.717) is 27.1 Å². The van der Waals surface area contributed by atoms with Gasteiger partial charge in [-0.15, -0.1) is 0 Å². The lowest BCUT2D eigenvalue weighted by Crippen LogP contribution is -2.01. The molecule has 0 aliphatic carbocycles. The number of nitriles is 1. The van der Waals surface area contributed by atoms with Crippen LogP contribution in [0, 0.1) is 17.1 Å². The first-order valence-electron chi connectivity index (χ1n) is 9.05. The largest absolute Gasteiger partial charge is 0.497 e. The Labute approximate surface area is 183 Å². The summed E-state index contributed by atoms with van der Waals surface area (Å²) in [6.07, 6.45) is 1.76. The van der Waals surface area contributed by atoms with Gasteiger partial charge in [-0.2, -0.15) is 5.26 Å². The maximum Gasteiger partial charge on any atom is 0.175 e. The second kappa shape index (κ2) is 9.95. The fourth-order valence-electron chi connectivity index (χ4n) is 2.85.